The van der Waals surface area contributed by atoms with Gasteiger partial charge in [0.2, 0.25) is 5.91 Å². The average Bonchev–Trinajstić information content (AvgIpc) is 3.09. The molecular formula is C15H13N3O3. The van der Waals surface area contributed by atoms with Crippen molar-refractivity contribution >= 4 is 11.7 Å². The Balaban J connectivity index is 1.66. The maximum Gasteiger partial charge on any atom is 0.231 e. The van der Waals surface area contributed by atoms with Crippen LogP contribution in [0.5, 0.6) is 0 Å². The van der Waals surface area contributed by atoms with Crippen LogP contribution >= 0.6 is 0 Å². The highest BCUT2D eigenvalue weighted by atomic mass is 16.5. The van der Waals surface area contributed by atoms with E-state index in [4.69, 9.17) is 9.05 Å². The van der Waals surface area contributed by atoms with Gasteiger partial charge in [-0.3, -0.25) is 4.79 Å². The first-order chi connectivity index (χ1) is 10.2. The summed E-state index contributed by atoms with van der Waals surface area (Å²) in [4.78, 5) is 11.9. The lowest BCUT2D eigenvalue weighted by molar-refractivity contribution is -0.115. The van der Waals surface area contributed by atoms with E-state index in [9.17, 15) is 4.79 Å². The fourth-order valence-electron chi connectivity index (χ4n) is 1.91. The zero-order valence-electron chi connectivity index (χ0n) is 11.4. The molecule has 2 aromatic heterocycles. The normalized spacial score (nSPS) is 10.5. The van der Waals surface area contributed by atoms with E-state index in [1.54, 1.807) is 19.1 Å². The average molecular weight is 283 g/mol. The molecule has 6 nitrogen and oxygen atoms in total. The molecule has 1 N–H and O–H groups in total. The predicted molar refractivity (Wildman–Crippen MR) is 75.5 cm³/mol. The van der Waals surface area contributed by atoms with Gasteiger partial charge in [-0.2, -0.15) is 0 Å². The van der Waals surface area contributed by atoms with Crippen LogP contribution in [0.15, 0.2) is 51.5 Å². The quantitative estimate of drug-likeness (QED) is 0.796. The molecule has 0 saturated carbocycles. The second-order valence-corrected chi connectivity index (χ2v) is 4.60. The number of aryl methyl sites for hydroxylation is 1. The molecule has 0 aliphatic rings. The number of hydrogen-bond acceptors (Lipinski definition) is 5. The van der Waals surface area contributed by atoms with Gasteiger partial charge in [-0.05, 0) is 6.92 Å². The third kappa shape index (κ3) is 3.17. The maximum absolute atomic E-state index is 11.9. The SMILES string of the molecule is Cc1cc(NC(=O)Cc2cc(-c3ccccc3)on2)no1. The Kier molecular flexibility index (Phi) is 3.51. The number of anilines is 1. The van der Waals surface area contributed by atoms with Gasteiger partial charge < -0.3 is 14.4 Å². The maximum atomic E-state index is 11.9. The molecule has 1 amide bonds. The molecule has 0 saturated heterocycles. The molecule has 0 fully saturated rings. The van der Waals surface area contributed by atoms with Crippen LogP contribution in [-0.4, -0.2) is 16.2 Å². The zero-order chi connectivity index (χ0) is 14.7. The molecule has 0 radical (unpaired) electrons. The van der Waals surface area contributed by atoms with Crippen molar-refractivity contribution in [2.45, 2.75) is 13.3 Å². The monoisotopic (exact) mass is 283 g/mol. The fraction of sp³-hybridized carbons (Fsp3) is 0.133. The van der Waals surface area contributed by atoms with E-state index in [0.29, 0.717) is 23.0 Å². The minimum absolute atomic E-state index is 0.113. The van der Waals surface area contributed by atoms with Crippen molar-refractivity contribution in [2.24, 2.45) is 0 Å². The minimum Gasteiger partial charge on any atom is -0.360 e. The number of aromatic nitrogens is 2. The first-order valence-corrected chi connectivity index (χ1v) is 6.45. The van der Waals surface area contributed by atoms with Gasteiger partial charge in [-0.25, -0.2) is 0 Å². The molecule has 106 valence electrons. The topological polar surface area (TPSA) is 81.2 Å². The lowest BCUT2D eigenvalue weighted by Gasteiger charge is -1.97. The van der Waals surface area contributed by atoms with Gasteiger partial charge in [-0.15, -0.1) is 0 Å². The van der Waals surface area contributed by atoms with Crippen LogP contribution in [0.3, 0.4) is 0 Å². The van der Waals surface area contributed by atoms with Gasteiger partial charge in [0.05, 0.1) is 12.1 Å². The Morgan fingerprint density at radius 2 is 1.95 bits per heavy atom. The van der Waals surface area contributed by atoms with E-state index in [1.807, 2.05) is 30.3 Å². The molecule has 0 spiro atoms. The van der Waals surface area contributed by atoms with Gasteiger partial charge in [0.15, 0.2) is 11.6 Å². The third-order valence-electron chi connectivity index (χ3n) is 2.85. The minimum atomic E-state index is -0.226. The third-order valence-corrected chi connectivity index (χ3v) is 2.85. The van der Waals surface area contributed by atoms with Crippen molar-refractivity contribution < 1.29 is 13.8 Å². The molecule has 0 bridgehead atoms. The standard InChI is InChI=1S/C15H13N3O3/c1-10-7-14(18-20-10)16-15(19)9-12-8-13(21-17-12)11-5-3-2-4-6-11/h2-8H,9H2,1H3,(H,16,18,19). The molecular weight excluding hydrogens is 270 g/mol. The Hall–Kier alpha value is -2.89. The second-order valence-electron chi connectivity index (χ2n) is 4.60. The van der Waals surface area contributed by atoms with E-state index in [2.05, 4.69) is 15.6 Å². The Labute approximate surface area is 120 Å². The van der Waals surface area contributed by atoms with Gasteiger partial charge in [0.1, 0.15) is 5.76 Å². The molecule has 0 atom stereocenters. The summed E-state index contributed by atoms with van der Waals surface area (Å²) >= 11 is 0. The number of amides is 1. The number of carbonyl (C=O) groups is 1. The predicted octanol–water partition coefficient (Wildman–Crippen LogP) is 2.82. The van der Waals surface area contributed by atoms with Crippen LogP contribution in [0.1, 0.15) is 11.5 Å². The number of hydrogen-bond donors (Lipinski definition) is 1. The lowest BCUT2D eigenvalue weighted by atomic mass is 10.1. The zero-order valence-corrected chi connectivity index (χ0v) is 11.4. The summed E-state index contributed by atoms with van der Waals surface area (Å²) in [7, 11) is 0. The molecule has 0 unspecified atom stereocenters. The van der Waals surface area contributed by atoms with E-state index in [0.717, 1.165) is 5.56 Å². The summed E-state index contributed by atoms with van der Waals surface area (Å²) in [6.45, 7) is 1.76. The number of rotatable bonds is 4. The first-order valence-electron chi connectivity index (χ1n) is 6.45. The summed E-state index contributed by atoms with van der Waals surface area (Å²) in [5.74, 6) is 1.44. The van der Waals surface area contributed by atoms with Crippen molar-refractivity contribution in [3.8, 4) is 11.3 Å². The van der Waals surface area contributed by atoms with Crippen molar-refractivity contribution in [3.05, 3.63) is 53.9 Å². The van der Waals surface area contributed by atoms with Gasteiger partial charge >= 0.3 is 0 Å². The molecule has 3 aromatic rings. The summed E-state index contributed by atoms with van der Waals surface area (Å²) < 4.78 is 10.1. The molecule has 21 heavy (non-hydrogen) atoms. The Morgan fingerprint density at radius 3 is 2.67 bits per heavy atom. The van der Waals surface area contributed by atoms with Crippen LogP contribution in [0.4, 0.5) is 5.82 Å². The summed E-state index contributed by atoms with van der Waals surface area (Å²) in [6, 6.07) is 13.0. The number of benzene rings is 1. The highest BCUT2D eigenvalue weighted by Gasteiger charge is 2.12. The molecule has 1 aromatic carbocycles. The van der Waals surface area contributed by atoms with Crippen molar-refractivity contribution in [3.63, 3.8) is 0 Å². The highest BCUT2D eigenvalue weighted by molar-refractivity contribution is 5.91. The number of nitrogens with zero attached hydrogens (tertiary/aromatic N) is 2. The number of carbonyl (C=O) groups excluding carboxylic acids is 1. The van der Waals surface area contributed by atoms with Crippen LogP contribution in [0.25, 0.3) is 11.3 Å². The molecule has 0 aliphatic heterocycles. The summed E-state index contributed by atoms with van der Waals surface area (Å²) in [5, 5.41) is 10.2. The smallest absolute Gasteiger partial charge is 0.231 e. The molecule has 0 aliphatic carbocycles. The fourth-order valence-corrected chi connectivity index (χ4v) is 1.91. The van der Waals surface area contributed by atoms with E-state index in [1.165, 1.54) is 0 Å². The van der Waals surface area contributed by atoms with E-state index in [-0.39, 0.29) is 12.3 Å². The van der Waals surface area contributed by atoms with Crippen molar-refractivity contribution in [2.75, 3.05) is 5.32 Å². The summed E-state index contributed by atoms with van der Waals surface area (Å²) in [6.07, 6.45) is 0.113. The van der Waals surface area contributed by atoms with Crippen LogP contribution in [-0.2, 0) is 11.2 Å². The molecule has 2 heterocycles. The summed E-state index contributed by atoms with van der Waals surface area (Å²) in [5.41, 5.74) is 1.48. The largest absolute Gasteiger partial charge is 0.360 e. The van der Waals surface area contributed by atoms with E-state index < -0.39 is 0 Å². The molecule has 3 rings (SSSR count). The van der Waals surface area contributed by atoms with Crippen molar-refractivity contribution in [1.82, 2.24) is 10.3 Å². The second kappa shape index (κ2) is 5.62. The van der Waals surface area contributed by atoms with Gasteiger partial charge in [0, 0.05) is 17.7 Å². The Bertz CT molecular complexity index is 746. The van der Waals surface area contributed by atoms with E-state index >= 15 is 0 Å². The van der Waals surface area contributed by atoms with Gasteiger partial charge in [0.25, 0.3) is 0 Å². The highest BCUT2D eigenvalue weighted by Crippen LogP contribution is 2.20. The first kappa shape index (κ1) is 13.1. The van der Waals surface area contributed by atoms with Crippen LogP contribution < -0.4 is 5.32 Å². The molecule has 6 heteroatoms. The van der Waals surface area contributed by atoms with Crippen molar-refractivity contribution in [1.29, 1.82) is 0 Å². The Morgan fingerprint density at radius 1 is 1.14 bits per heavy atom. The lowest BCUT2D eigenvalue weighted by Crippen LogP contribution is -2.14. The van der Waals surface area contributed by atoms with Gasteiger partial charge in [-0.1, -0.05) is 40.6 Å². The van der Waals surface area contributed by atoms with Crippen LogP contribution in [0, 0.1) is 6.92 Å². The number of nitrogens with one attached hydrogen (secondary N) is 1. The van der Waals surface area contributed by atoms with Crippen LogP contribution in [0.2, 0.25) is 0 Å².